The molecule has 122 valence electrons. The van der Waals surface area contributed by atoms with Crippen LogP contribution in [0, 0.1) is 5.92 Å². The lowest BCUT2D eigenvalue weighted by molar-refractivity contribution is -0.290. The van der Waals surface area contributed by atoms with Gasteiger partial charge in [-0.3, -0.25) is 9.59 Å². The minimum Gasteiger partial charge on any atom is -0.463 e. The van der Waals surface area contributed by atoms with Crippen molar-refractivity contribution in [3.05, 3.63) is 0 Å². The molecule has 0 spiro atoms. The van der Waals surface area contributed by atoms with Crippen LogP contribution in [0.25, 0.3) is 0 Å². The van der Waals surface area contributed by atoms with Crippen molar-refractivity contribution in [3.8, 4) is 0 Å². The molecule has 3 N–H and O–H groups in total. The molecule has 21 heavy (non-hydrogen) atoms. The van der Waals surface area contributed by atoms with Crippen LogP contribution >= 0.6 is 0 Å². The first-order chi connectivity index (χ1) is 9.72. The molecule has 1 aliphatic rings. The van der Waals surface area contributed by atoms with E-state index in [4.69, 9.17) is 14.2 Å². The van der Waals surface area contributed by atoms with E-state index in [1.54, 1.807) is 0 Å². The molecule has 1 fully saturated rings. The summed E-state index contributed by atoms with van der Waals surface area (Å²) in [6.45, 7) is 4.53. The summed E-state index contributed by atoms with van der Waals surface area (Å²) in [4.78, 5) is 22.5. The smallest absolute Gasteiger partial charge is 0.306 e. The lowest BCUT2D eigenvalue weighted by Crippen LogP contribution is -2.60. The summed E-state index contributed by atoms with van der Waals surface area (Å²) in [5, 5.41) is 28.8. The molecule has 0 radical (unpaired) electrons. The van der Waals surface area contributed by atoms with Crippen molar-refractivity contribution in [2.45, 2.75) is 57.9 Å². The predicted molar refractivity (Wildman–Crippen MR) is 68.9 cm³/mol. The lowest BCUT2D eigenvalue weighted by Gasteiger charge is -2.39. The maximum atomic E-state index is 11.5. The monoisotopic (exact) mass is 306 g/mol. The van der Waals surface area contributed by atoms with E-state index in [2.05, 4.69) is 0 Å². The second-order valence-corrected chi connectivity index (χ2v) is 5.40. The number of hydrogen-bond donors (Lipinski definition) is 3. The lowest BCUT2D eigenvalue weighted by atomic mass is 9.99. The summed E-state index contributed by atoms with van der Waals surface area (Å²) in [6, 6.07) is 0. The van der Waals surface area contributed by atoms with Crippen molar-refractivity contribution < 1.29 is 39.1 Å². The number of ether oxygens (including phenoxy) is 3. The van der Waals surface area contributed by atoms with Gasteiger partial charge in [-0.25, -0.2) is 0 Å². The number of esters is 2. The molecule has 1 rings (SSSR count). The molecular weight excluding hydrogens is 284 g/mol. The van der Waals surface area contributed by atoms with E-state index in [1.807, 2.05) is 13.8 Å². The molecule has 0 aromatic rings. The average molecular weight is 306 g/mol. The van der Waals surface area contributed by atoms with Crippen LogP contribution in [-0.4, -0.2) is 64.6 Å². The zero-order chi connectivity index (χ0) is 16.2. The zero-order valence-corrected chi connectivity index (χ0v) is 12.3. The number of aliphatic hydroxyl groups is 3. The normalized spacial score (nSPS) is 32.8. The van der Waals surface area contributed by atoms with Gasteiger partial charge in [-0.05, 0) is 5.92 Å². The van der Waals surface area contributed by atoms with Gasteiger partial charge < -0.3 is 29.5 Å². The van der Waals surface area contributed by atoms with Gasteiger partial charge in [0.25, 0.3) is 0 Å². The summed E-state index contributed by atoms with van der Waals surface area (Å²) < 4.78 is 14.9. The maximum Gasteiger partial charge on any atom is 0.306 e. The van der Waals surface area contributed by atoms with E-state index in [9.17, 15) is 24.9 Å². The fourth-order valence-corrected chi connectivity index (χ4v) is 1.96. The maximum absolute atomic E-state index is 11.5. The van der Waals surface area contributed by atoms with Crippen molar-refractivity contribution in [1.29, 1.82) is 0 Å². The molecule has 1 aliphatic heterocycles. The largest absolute Gasteiger partial charge is 0.463 e. The van der Waals surface area contributed by atoms with Crippen molar-refractivity contribution >= 4 is 11.9 Å². The Kier molecular flexibility index (Phi) is 6.53. The van der Waals surface area contributed by atoms with Crippen LogP contribution in [0.2, 0.25) is 0 Å². The summed E-state index contributed by atoms with van der Waals surface area (Å²) in [5.74, 6) is -1.04. The molecule has 0 aromatic carbocycles. The van der Waals surface area contributed by atoms with Crippen LogP contribution in [0.5, 0.6) is 0 Å². The minimum absolute atomic E-state index is 0.118. The fourth-order valence-electron chi connectivity index (χ4n) is 1.96. The first-order valence-corrected chi connectivity index (χ1v) is 6.74. The van der Waals surface area contributed by atoms with Crippen molar-refractivity contribution in [1.82, 2.24) is 0 Å². The molecule has 5 atom stereocenters. The highest BCUT2D eigenvalue weighted by atomic mass is 16.7. The molecule has 1 saturated heterocycles. The number of aliphatic hydroxyl groups excluding tert-OH is 3. The van der Waals surface area contributed by atoms with Gasteiger partial charge in [-0.15, -0.1) is 0 Å². The topological polar surface area (TPSA) is 123 Å². The Morgan fingerprint density at radius 3 is 2.33 bits per heavy atom. The molecule has 8 heteroatoms. The Hall–Kier alpha value is -1.22. The van der Waals surface area contributed by atoms with E-state index in [-0.39, 0.29) is 18.9 Å². The molecule has 1 heterocycles. The van der Waals surface area contributed by atoms with Gasteiger partial charge in [0.1, 0.15) is 24.9 Å². The molecule has 0 amide bonds. The Morgan fingerprint density at radius 1 is 1.19 bits per heavy atom. The Balaban J connectivity index is 2.66. The van der Waals surface area contributed by atoms with E-state index < -0.39 is 42.6 Å². The van der Waals surface area contributed by atoms with Crippen molar-refractivity contribution in [3.63, 3.8) is 0 Å². The number of carbonyl (C=O) groups excluding carboxylic acids is 2. The van der Waals surface area contributed by atoms with Crippen LogP contribution in [0.1, 0.15) is 27.2 Å². The second-order valence-electron chi connectivity index (χ2n) is 5.40. The SMILES string of the molecule is CC(=O)O[C@@H]1C(O)[C@H](O)[C@@H](O)O[C@H]1COC(=O)CC(C)C. The van der Waals surface area contributed by atoms with Gasteiger partial charge in [0, 0.05) is 13.3 Å². The Morgan fingerprint density at radius 2 is 1.81 bits per heavy atom. The van der Waals surface area contributed by atoms with Crippen LogP contribution < -0.4 is 0 Å². The summed E-state index contributed by atoms with van der Waals surface area (Å²) >= 11 is 0. The van der Waals surface area contributed by atoms with Crippen LogP contribution in [0.15, 0.2) is 0 Å². The zero-order valence-electron chi connectivity index (χ0n) is 12.3. The van der Waals surface area contributed by atoms with Gasteiger partial charge in [0.05, 0.1) is 0 Å². The molecule has 0 bridgehead atoms. The van der Waals surface area contributed by atoms with Gasteiger partial charge in [0.2, 0.25) is 0 Å². The molecule has 0 aliphatic carbocycles. The van der Waals surface area contributed by atoms with Crippen molar-refractivity contribution in [2.75, 3.05) is 6.61 Å². The van der Waals surface area contributed by atoms with Crippen molar-refractivity contribution in [2.24, 2.45) is 5.92 Å². The molecule has 1 unspecified atom stereocenters. The highest BCUT2D eigenvalue weighted by Crippen LogP contribution is 2.23. The van der Waals surface area contributed by atoms with Gasteiger partial charge in [-0.2, -0.15) is 0 Å². The molecule has 0 saturated carbocycles. The standard InChI is InChI=1S/C13H22O8/c1-6(2)4-9(15)19-5-8-12(20-7(3)14)10(16)11(17)13(18)21-8/h6,8,10-13,16-18H,4-5H2,1-3H3/t8-,10?,11-,12-,13-/m0/s1. The first-order valence-electron chi connectivity index (χ1n) is 6.74. The highest BCUT2D eigenvalue weighted by molar-refractivity contribution is 5.69. The third-order valence-electron chi connectivity index (χ3n) is 2.94. The third-order valence-corrected chi connectivity index (χ3v) is 2.94. The van der Waals surface area contributed by atoms with E-state index in [0.717, 1.165) is 6.92 Å². The fraction of sp³-hybridized carbons (Fsp3) is 0.846. The third kappa shape index (κ3) is 5.24. The second kappa shape index (κ2) is 7.69. The summed E-state index contributed by atoms with van der Waals surface area (Å²) in [5.41, 5.74) is 0. The first kappa shape index (κ1) is 17.8. The number of rotatable bonds is 5. The number of hydrogen-bond acceptors (Lipinski definition) is 8. The van der Waals surface area contributed by atoms with Gasteiger partial charge in [0.15, 0.2) is 12.4 Å². The van der Waals surface area contributed by atoms with Crippen LogP contribution in [0.3, 0.4) is 0 Å². The predicted octanol–water partition coefficient (Wildman–Crippen LogP) is -1.05. The summed E-state index contributed by atoms with van der Waals surface area (Å²) in [7, 11) is 0. The Bertz CT molecular complexity index is 369. The summed E-state index contributed by atoms with van der Waals surface area (Å²) in [6.07, 6.45) is -6.88. The average Bonchev–Trinajstić information content (AvgIpc) is 2.36. The van der Waals surface area contributed by atoms with E-state index in [1.165, 1.54) is 0 Å². The van der Waals surface area contributed by atoms with Gasteiger partial charge >= 0.3 is 11.9 Å². The highest BCUT2D eigenvalue weighted by Gasteiger charge is 2.46. The van der Waals surface area contributed by atoms with Crippen LogP contribution in [-0.2, 0) is 23.8 Å². The van der Waals surface area contributed by atoms with E-state index >= 15 is 0 Å². The van der Waals surface area contributed by atoms with E-state index in [0.29, 0.717) is 0 Å². The number of carbonyl (C=O) groups is 2. The molecule has 8 nitrogen and oxygen atoms in total. The van der Waals surface area contributed by atoms with Gasteiger partial charge in [-0.1, -0.05) is 13.8 Å². The molecule has 0 aromatic heterocycles. The molecular formula is C13H22O8. The quantitative estimate of drug-likeness (QED) is 0.550. The Labute approximate surface area is 122 Å². The van der Waals surface area contributed by atoms with Crippen LogP contribution in [0.4, 0.5) is 0 Å². The minimum atomic E-state index is -1.65.